The van der Waals surface area contributed by atoms with Crippen LogP contribution in [0.2, 0.25) is 0 Å². The molecule has 16 heavy (non-hydrogen) atoms. The first-order valence-corrected chi connectivity index (χ1v) is 5.10. The Bertz CT molecular complexity index is 353. The molecule has 1 aromatic heterocycles. The van der Waals surface area contributed by atoms with Gasteiger partial charge in [0, 0.05) is 13.3 Å². The molecule has 0 saturated heterocycles. The number of aromatic nitrogens is 2. The van der Waals surface area contributed by atoms with Crippen molar-refractivity contribution in [1.29, 1.82) is 0 Å². The molecule has 0 aliphatic rings. The number of ketones is 1. The van der Waals surface area contributed by atoms with E-state index in [-0.39, 0.29) is 24.9 Å². The molecule has 0 bridgehead atoms. The molecule has 5 heteroatoms. The van der Waals surface area contributed by atoms with Crippen molar-refractivity contribution in [2.45, 2.75) is 26.4 Å². The lowest BCUT2D eigenvalue weighted by Gasteiger charge is -2.08. The largest absolute Gasteiger partial charge is 0.474 e. The van der Waals surface area contributed by atoms with E-state index in [1.807, 2.05) is 13.8 Å². The summed E-state index contributed by atoms with van der Waals surface area (Å²) >= 11 is 0. The molecule has 88 valence electrons. The van der Waals surface area contributed by atoms with Crippen LogP contribution in [-0.4, -0.2) is 35.6 Å². The molecular formula is C11H16N2O3. The molecule has 5 nitrogen and oxygen atoms in total. The smallest absolute Gasteiger partial charge is 0.232 e. The summed E-state index contributed by atoms with van der Waals surface area (Å²) in [5, 5.41) is 0. The van der Waals surface area contributed by atoms with Crippen LogP contribution in [-0.2, 0) is 16.0 Å². The Morgan fingerprint density at radius 1 is 1.44 bits per heavy atom. The highest BCUT2D eigenvalue weighted by atomic mass is 16.5. The predicted octanol–water partition coefficient (Wildman–Crippen LogP) is 1.02. The first-order valence-electron chi connectivity index (χ1n) is 5.10. The van der Waals surface area contributed by atoms with E-state index in [1.54, 1.807) is 6.20 Å². The Morgan fingerprint density at radius 3 is 2.81 bits per heavy atom. The van der Waals surface area contributed by atoms with Gasteiger partial charge in [-0.3, -0.25) is 9.78 Å². The summed E-state index contributed by atoms with van der Waals surface area (Å²) in [7, 11) is 1.49. The van der Waals surface area contributed by atoms with E-state index < -0.39 is 0 Å². The van der Waals surface area contributed by atoms with Crippen molar-refractivity contribution in [1.82, 2.24) is 9.97 Å². The lowest BCUT2D eigenvalue weighted by Crippen LogP contribution is -2.12. The highest BCUT2D eigenvalue weighted by Gasteiger charge is 2.07. The second kappa shape index (κ2) is 6.17. The molecule has 0 aliphatic heterocycles. The summed E-state index contributed by atoms with van der Waals surface area (Å²) < 4.78 is 10.1. The van der Waals surface area contributed by atoms with Crippen LogP contribution in [0.5, 0.6) is 5.88 Å². The lowest BCUT2D eigenvalue weighted by molar-refractivity contribution is -0.122. The van der Waals surface area contributed by atoms with E-state index in [9.17, 15) is 4.79 Å². The maximum atomic E-state index is 11.3. The predicted molar refractivity (Wildman–Crippen MR) is 58.4 cm³/mol. The number of rotatable bonds is 6. The summed E-state index contributed by atoms with van der Waals surface area (Å²) in [5.74, 6) is 0.413. The zero-order valence-electron chi connectivity index (χ0n) is 9.77. The van der Waals surface area contributed by atoms with E-state index >= 15 is 0 Å². The van der Waals surface area contributed by atoms with Gasteiger partial charge >= 0.3 is 0 Å². The number of hydrogen-bond acceptors (Lipinski definition) is 5. The van der Waals surface area contributed by atoms with Crippen LogP contribution in [0.3, 0.4) is 0 Å². The number of hydrogen-bond donors (Lipinski definition) is 0. The minimum atomic E-state index is -0.0292. The molecule has 0 saturated carbocycles. The van der Waals surface area contributed by atoms with Gasteiger partial charge < -0.3 is 9.47 Å². The lowest BCUT2D eigenvalue weighted by atomic mass is 10.2. The Labute approximate surface area is 94.8 Å². The van der Waals surface area contributed by atoms with Crippen molar-refractivity contribution < 1.29 is 14.3 Å². The van der Waals surface area contributed by atoms with E-state index in [0.717, 1.165) is 0 Å². The van der Waals surface area contributed by atoms with Crippen molar-refractivity contribution in [3.05, 3.63) is 18.1 Å². The number of carbonyl (C=O) groups is 1. The minimum Gasteiger partial charge on any atom is -0.474 e. The van der Waals surface area contributed by atoms with E-state index in [2.05, 4.69) is 9.97 Å². The van der Waals surface area contributed by atoms with Gasteiger partial charge in [-0.15, -0.1) is 0 Å². The van der Waals surface area contributed by atoms with Gasteiger partial charge in [-0.1, -0.05) is 0 Å². The third-order valence-corrected chi connectivity index (χ3v) is 1.70. The van der Waals surface area contributed by atoms with Crippen molar-refractivity contribution in [2.24, 2.45) is 0 Å². The standard InChI is InChI=1S/C11H16N2O3/c1-8(2)16-11-6-12-5-9(13-11)4-10(14)7-15-3/h5-6,8H,4,7H2,1-3H3. The molecule has 1 aromatic rings. The van der Waals surface area contributed by atoms with Gasteiger partial charge in [0.25, 0.3) is 0 Å². The Balaban J connectivity index is 2.63. The molecule has 0 unspecified atom stereocenters. The molecule has 0 radical (unpaired) electrons. The maximum absolute atomic E-state index is 11.3. The fourth-order valence-corrected chi connectivity index (χ4v) is 1.18. The number of Topliss-reactive ketones (excluding diaryl/α,β-unsaturated/α-hetero) is 1. The summed E-state index contributed by atoms with van der Waals surface area (Å²) in [6.45, 7) is 3.91. The molecule has 1 rings (SSSR count). The van der Waals surface area contributed by atoms with E-state index in [4.69, 9.17) is 9.47 Å². The van der Waals surface area contributed by atoms with Crippen LogP contribution < -0.4 is 4.74 Å². The molecule has 0 spiro atoms. The topological polar surface area (TPSA) is 61.3 Å². The Morgan fingerprint density at radius 2 is 2.19 bits per heavy atom. The minimum absolute atomic E-state index is 0.0292. The van der Waals surface area contributed by atoms with Crippen LogP contribution in [0.25, 0.3) is 0 Å². The third kappa shape index (κ3) is 4.35. The van der Waals surface area contributed by atoms with E-state index in [0.29, 0.717) is 11.6 Å². The highest BCUT2D eigenvalue weighted by Crippen LogP contribution is 2.08. The molecule has 0 N–H and O–H groups in total. The van der Waals surface area contributed by atoms with Gasteiger partial charge in [-0.25, -0.2) is 4.98 Å². The third-order valence-electron chi connectivity index (χ3n) is 1.70. The fraction of sp³-hybridized carbons (Fsp3) is 0.545. The van der Waals surface area contributed by atoms with Crippen molar-refractivity contribution in [3.63, 3.8) is 0 Å². The summed E-state index contributed by atoms with van der Waals surface area (Å²) in [4.78, 5) is 19.5. The van der Waals surface area contributed by atoms with Crippen LogP contribution in [0.15, 0.2) is 12.4 Å². The fourth-order valence-electron chi connectivity index (χ4n) is 1.18. The zero-order valence-corrected chi connectivity index (χ0v) is 9.77. The van der Waals surface area contributed by atoms with Gasteiger partial charge in [0.05, 0.1) is 24.4 Å². The average Bonchev–Trinajstić information content (AvgIpc) is 2.17. The SMILES string of the molecule is COCC(=O)Cc1cncc(OC(C)C)n1. The number of ether oxygens (including phenoxy) is 2. The molecule has 0 amide bonds. The second-order valence-corrected chi connectivity index (χ2v) is 3.66. The van der Waals surface area contributed by atoms with Gasteiger partial charge in [0.2, 0.25) is 5.88 Å². The van der Waals surface area contributed by atoms with Gasteiger partial charge in [0.15, 0.2) is 5.78 Å². The molecule has 0 aliphatic carbocycles. The van der Waals surface area contributed by atoms with Gasteiger partial charge in [0.1, 0.15) is 6.61 Å². The van der Waals surface area contributed by atoms with Gasteiger partial charge in [-0.2, -0.15) is 0 Å². The van der Waals surface area contributed by atoms with Crippen LogP contribution >= 0.6 is 0 Å². The Hall–Kier alpha value is -1.49. The maximum Gasteiger partial charge on any atom is 0.232 e. The van der Waals surface area contributed by atoms with Gasteiger partial charge in [-0.05, 0) is 13.8 Å². The van der Waals surface area contributed by atoms with Crippen LogP contribution in [0.1, 0.15) is 19.5 Å². The van der Waals surface area contributed by atoms with Crippen molar-refractivity contribution in [2.75, 3.05) is 13.7 Å². The summed E-state index contributed by atoms with van der Waals surface area (Å²) in [6, 6.07) is 0. The number of nitrogens with zero attached hydrogens (tertiary/aromatic N) is 2. The molecule has 0 aromatic carbocycles. The van der Waals surface area contributed by atoms with Crippen molar-refractivity contribution in [3.8, 4) is 5.88 Å². The van der Waals surface area contributed by atoms with Crippen LogP contribution in [0.4, 0.5) is 0 Å². The van der Waals surface area contributed by atoms with Crippen LogP contribution in [0, 0.1) is 0 Å². The monoisotopic (exact) mass is 224 g/mol. The second-order valence-electron chi connectivity index (χ2n) is 3.66. The summed E-state index contributed by atoms with van der Waals surface area (Å²) in [6.07, 6.45) is 3.35. The first-order chi connectivity index (χ1) is 7.61. The quantitative estimate of drug-likeness (QED) is 0.722. The Kier molecular flexibility index (Phi) is 4.85. The first kappa shape index (κ1) is 12.6. The van der Waals surface area contributed by atoms with Crippen molar-refractivity contribution >= 4 is 5.78 Å². The molecule has 0 atom stereocenters. The molecule has 0 fully saturated rings. The summed E-state index contributed by atoms with van der Waals surface area (Å²) in [5.41, 5.74) is 0.597. The number of methoxy groups -OCH3 is 1. The number of carbonyl (C=O) groups excluding carboxylic acids is 1. The molecular weight excluding hydrogens is 208 g/mol. The highest BCUT2D eigenvalue weighted by molar-refractivity contribution is 5.81. The average molecular weight is 224 g/mol. The molecule has 1 heterocycles. The van der Waals surface area contributed by atoms with E-state index in [1.165, 1.54) is 13.3 Å². The zero-order chi connectivity index (χ0) is 12.0. The normalized spacial score (nSPS) is 10.5.